The van der Waals surface area contributed by atoms with Crippen LogP contribution >= 0.6 is 11.6 Å². The minimum absolute atomic E-state index is 0.285. The molecule has 2 heterocycles. The number of amides is 1. The maximum atomic E-state index is 13.2. The first kappa shape index (κ1) is 20.8. The summed E-state index contributed by atoms with van der Waals surface area (Å²) in [6, 6.07) is 14.0. The lowest BCUT2D eigenvalue weighted by atomic mass is 10.2. The molecule has 0 spiro atoms. The summed E-state index contributed by atoms with van der Waals surface area (Å²) in [5.74, 6) is -0.363. The van der Waals surface area contributed by atoms with Gasteiger partial charge in [0.2, 0.25) is 5.91 Å². The van der Waals surface area contributed by atoms with Crippen molar-refractivity contribution in [2.45, 2.75) is 33.7 Å². The maximum absolute atomic E-state index is 13.2. The Morgan fingerprint density at radius 1 is 1.06 bits per heavy atom. The normalized spacial score (nSPS) is 12.2. The minimum atomic E-state index is -0.837. The third-order valence-electron chi connectivity index (χ3n) is 5.35. The van der Waals surface area contributed by atoms with Gasteiger partial charge in [0.05, 0.1) is 22.5 Å². The number of aromatic nitrogens is 4. The van der Waals surface area contributed by atoms with E-state index in [2.05, 4.69) is 15.5 Å². The summed E-state index contributed by atoms with van der Waals surface area (Å²) in [4.78, 5) is 26.1. The summed E-state index contributed by atoms with van der Waals surface area (Å²) < 4.78 is 2.92. The van der Waals surface area contributed by atoms with Crippen molar-refractivity contribution in [2.75, 3.05) is 5.32 Å². The molecule has 7 nitrogen and oxygen atoms in total. The zero-order chi connectivity index (χ0) is 22.3. The van der Waals surface area contributed by atoms with Crippen molar-refractivity contribution < 1.29 is 4.79 Å². The molecule has 4 rings (SSSR count). The van der Waals surface area contributed by atoms with Gasteiger partial charge in [0, 0.05) is 10.7 Å². The highest BCUT2D eigenvalue weighted by molar-refractivity contribution is 6.31. The SMILES string of the molecule is Cc1ccc(Cl)cc1NC(=O)[C@@H](C)n1nc(C)c2c(C)n(-c3ccccc3)nc2c1=O. The number of rotatable bonds is 4. The molecule has 1 N–H and O–H groups in total. The lowest BCUT2D eigenvalue weighted by Crippen LogP contribution is -2.34. The Labute approximate surface area is 184 Å². The standard InChI is InChI=1S/C23H22ClN5O2/c1-13-10-11-17(24)12-19(13)25-22(30)16(4)29-23(31)21-20(14(2)26-29)15(3)28(27-21)18-8-6-5-7-9-18/h5-12,16H,1-4H3,(H,25,30)/t16-/m1/s1. The highest BCUT2D eigenvalue weighted by Gasteiger charge is 2.23. The van der Waals surface area contributed by atoms with Crippen LogP contribution in [0, 0.1) is 20.8 Å². The second kappa shape index (κ2) is 8.00. The van der Waals surface area contributed by atoms with E-state index < -0.39 is 11.6 Å². The number of para-hydroxylation sites is 1. The molecule has 0 aliphatic heterocycles. The third-order valence-corrected chi connectivity index (χ3v) is 5.59. The number of carbonyl (C=O) groups excluding carboxylic acids is 1. The predicted molar refractivity (Wildman–Crippen MR) is 122 cm³/mol. The molecule has 8 heteroatoms. The fraction of sp³-hybridized carbons (Fsp3) is 0.217. The Kier molecular flexibility index (Phi) is 5.37. The van der Waals surface area contributed by atoms with Crippen LogP contribution in [0.1, 0.15) is 29.9 Å². The molecule has 1 atom stereocenters. The van der Waals surface area contributed by atoms with E-state index in [9.17, 15) is 9.59 Å². The van der Waals surface area contributed by atoms with Crippen LogP contribution in [0.2, 0.25) is 5.02 Å². The number of benzene rings is 2. The van der Waals surface area contributed by atoms with Crippen molar-refractivity contribution in [3.05, 3.63) is 80.9 Å². The zero-order valence-corrected chi connectivity index (χ0v) is 18.4. The largest absolute Gasteiger partial charge is 0.324 e. The molecule has 0 fully saturated rings. The molecule has 158 valence electrons. The van der Waals surface area contributed by atoms with Crippen LogP contribution in [0.3, 0.4) is 0 Å². The van der Waals surface area contributed by atoms with E-state index in [0.717, 1.165) is 16.9 Å². The molecule has 0 saturated carbocycles. The van der Waals surface area contributed by atoms with Crippen molar-refractivity contribution >= 4 is 34.1 Å². The van der Waals surface area contributed by atoms with Gasteiger partial charge in [-0.25, -0.2) is 9.36 Å². The van der Waals surface area contributed by atoms with E-state index in [0.29, 0.717) is 21.8 Å². The van der Waals surface area contributed by atoms with Gasteiger partial charge in [-0.05, 0) is 57.5 Å². The van der Waals surface area contributed by atoms with Gasteiger partial charge in [0.25, 0.3) is 5.56 Å². The lowest BCUT2D eigenvalue weighted by molar-refractivity contribution is -0.119. The van der Waals surface area contributed by atoms with Crippen LogP contribution < -0.4 is 10.9 Å². The van der Waals surface area contributed by atoms with E-state index in [1.54, 1.807) is 23.7 Å². The van der Waals surface area contributed by atoms with Gasteiger partial charge in [0.1, 0.15) is 6.04 Å². The number of anilines is 1. The van der Waals surface area contributed by atoms with Crippen LogP contribution in [0.25, 0.3) is 16.6 Å². The average molecular weight is 436 g/mol. The van der Waals surface area contributed by atoms with E-state index >= 15 is 0 Å². The fourth-order valence-electron chi connectivity index (χ4n) is 3.61. The fourth-order valence-corrected chi connectivity index (χ4v) is 3.78. The number of halogens is 1. The first-order chi connectivity index (χ1) is 14.8. The molecule has 0 bridgehead atoms. The van der Waals surface area contributed by atoms with Crippen LogP contribution in [0.15, 0.2) is 53.3 Å². The summed E-state index contributed by atoms with van der Waals surface area (Å²) in [7, 11) is 0. The third kappa shape index (κ3) is 3.72. The Morgan fingerprint density at radius 3 is 2.48 bits per heavy atom. The molecule has 0 unspecified atom stereocenters. The zero-order valence-electron chi connectivity index (χ0n) is 17.7. The minimum Gasteiger partial charge on any atom is -0.324 e. The predicted octanol–water partition coefficient (Wildman–Crippen LogP) is 4.36. The Bertz CT molecular complexity index is 1360. The highest BCUT2D eigenvalue weighted by atomic mass is 35.5. The van der Waals surface area contributed by atoms with Crippen LogP contribution in [0.5, 0.6) is 0 Å². The number of hydrogen-bond donors (Lipinski definition) is 1. The van der Waals surface area contributed by atoms with Crippen molar-refractivity contribution in [1.82, 2.24) is 19.6 Å². The number of fused-ring (bicyclic) bond motifs is 1. The van der Waals surface area contributed by atoms with Crippen LogP contribution in [-0.2, 0) is 4.79 Å². The van der Waals surface area contributed by atoms with Gasteiger partial charge in [-0.15, -0.1) is 0 Å². The summed E-state index contributed by atoms with van der Waals surface area (Å²) in [5.41, 5.74) is 3.64. The first-order valence-corrected chi connectivity index (χ1v) is 10.3. The van der Waals surface area contributed by atoms with Crippen LogP contribution in [-0.4, -0.2) is 25.5 Å². The number of nitrogens with zero attached hydrogens (tertiary/aromatic N) is 4. The molecule has 2 aromatic carbocycles. The monoisotopic (exact) mass is 435 g/mol. The first-order valence-electron chi connectivity index (χ1n) is 9.89. The van der Waals surface area contributed by atoms with Gasteiger partial charge in [-0.1, -0.05) is 35.9 Å². The summed E-state index contributed by atoms with van der Waals surface area (Å²) in [6.07, 6.45) is 0. The molecule has 31 heavy (non-hydrogen) atoms. The van der Waals surface area contributed by atoms with E-state index in [4.69, 9.17) is 11.6 Å². The van der Waals surface area contributed by atoms with Gasteiger partial charge in [-0.3, -0.25) is 9.59 Å². The molecular formula is C23H22ClN5O2. The number of aryl methyl sites for hydroxylation is 3. The molecule has 1 amide bonds. The number of nitrogens with one attached hydrogen (secondary N) is 1. The van der Waals surface area contributed by atoms with E-state index in [1.807, 2.05) is 57.2 Å². The Balaban J connectivity index is 1.76. The second-order valence-corrected chi connectivity index (χ2v) is 7.95. The highest BCUT2D eigenvalue weighted by Crippen LogP contribution is 2.23. The molecule has 2 aromatic heterocycles. The molecular weight excluding hydrogens is 414 g/mol. The average Bonchev–Trinajstić information content (AvgIpc) is 3.11. The quantitative estimate of drug-likeness (QED) is 0.516. The van der Waals surface area contributed by atoms with E-state index in [-0.39, 0.29) is 11.4 Å². The van der Waals surface area contributed by atoms with Crippen molar-refractivity contribution in [3.63, 3.8) is 0 Å². The second-order valence-electron chi connectivity index (χ2n) is 7.52. The van der Waals surface area contributed by atoms with Gasteiger partial charge in [-0.2, -0.15) is 10.2 Å². The van der Waals surface area contributed by atoms with Crippen molar-refractivity contribution in [2.24, 2.45) is 0 Å². The lowest BCUT2D eigenvalue weighted by Gasteiger charge is -2.16. The van der Waals surface area contributed by atoms with Gasteiger partial charge < -0.3 is 5.32 Å². The molecule has 0 saturated heterocycles. The van der Waals surface area contributed by atoms with Crippen molar-refractivity contribution in [3.8, 4) is 5.69 Å². The van der Waals surface area contributed by atoms with Crippen molar-refractivity contribution in [1.29, 1.82) is 0 Å². The maximum Gasteiger partial charge on any atom is 0.295 e. The molecule has 4 aromatic rings. The van der Waals surface area contributed by atoms with Crippen LogP contribution in [0.4, 0.5) is 5.69 Å². The topological polar surface area (TPSA) is 81.8 Å². The van der Waals surface area contributed by atoms with Gasteiger partial charge >= 0.3 is 0 Å². The van der Waals surface area contributed by atoms with Gasteiger partial charge in [0.15, 0.2) is 5.52 Å². The van der Waals surface area contributed by atoms with E-state index in [1.165, 1.54) is 4.68 Å². The molecule has 0 aliphatic carbocycles. The number of carbonyl (C=O) groups is 1. The summed E-state index contributed by atoms with van der Waals surface area (Å²) in [6.45, 7) is 7.22. The Morgan fingerprint density at radius 2 is 1.77 bits per heavy atom. The number of hydrogen-bond acceptors (Lipinski definition) is 4. The summed E-state index contributed by atoms with van der Waals surface area (Å²) in [5, 5.41) is 13.0. The Hall–Kier alpha value is -3.45. The molecule has 0 aliphatic rings. The molecule has 0 radical (unpaired) electrons. The summed E-state index contributed by atoms with van der Waals surface area (Å²) >= 11 is 6.05. The smallest absolute Gasteiger partial charge is 0.295 e.